The summed E-state index contributed by atoms with van der Waals surface area (Å²) < 4.78 is 11.6. The van der Waals surface area contributed by atoms with E-state index in [1.54, 1.807) is 7.11 Å². The lowest BCUT2D eigenvalue weighted by atomic mass is 9.81. The molecule has 1 saturated carbocycles. The van der Waals surface area contributed by atoms with Crippen LogP contribution in [0.1, 0.15) is 50.2 Å². The van der Waals surface area contributed by atoms with Gasteiger partial charge >= 0.3 is 5.97 Å². The van der Waals surface area contributed by atoms with Crippen LogP contribution in [0.2, 0.25) is 0 Å². The summed E-state index contributed by atoms with van der Waals surface area (Å²) in [5.74, 6) is 2.02. The molecule has 1 fully saturated rings. The SMILES string of the molecule is C=O.COc1ccc(NC2(C(=O)O)Cc3ccccc3C2)cc1OCCC1CCCC(C)C1. The number of nitrogens with one attached hydrogen (secondary N) is 1. The fourth-order valence-electron chi connectivity index (χ4n) is 5.21. The quantitative estimate of drug-likeness (QED) is 0.576. The molecule has 33 heavy (non-hydrogen) atoms. The molecule has 2 aliphatic rings. The summed E-state index contributed by atoms with van der Waals surface area (Å²) in [7, 11) is 1.63. The zero-order chi connectivity index (χ0) is 23.8. The van der Waals surface area contributed by atoms with Crippen molar-refractivity contribution in [3.8, 4) is 11.5 Å². The van der Waals surface area contributed by atoms with E-state index < -0.39 is 11.5 Å². The summed E-state index contributed by atoms with van der Waals surface area (Å²) in [5, 5.41) is 13.4. The first kappa shape index (κ1) is 24.6. The van der Waals surface area contributed by atoms with Gasteiger partial charge in [-0.05, 0) is 47.9 Å². The number of benzene rings is 2. The third kappa shape index (κ3) is 5.86. The predicted octanol–water partition coefficient (Wildman–Crippen LogP) is 5.14. The fourth-order valence-corrected chi connectivity index (χ4v) is 5.21. The van der Waals surface area contributed by atoms with Crippen LogP contribution in [0.5, 0.6) is 11.5 Å². The summed E-state index contributed by atoms with van der Waals surface area (Å²) in [5.41, 5.74) is 1.86. The normalized spacial score (nSPS) is 20.7. The van der Waals surface area contributed by atoms with Gasteiger partial charge in [0.2, 0.25) is 0 Å². The standard InChI is InChI=1S/C26H33NO4.CH2O/c1-18-6-5-7-19(14-18)12-13-31-24-15-22(10-11-23(24)30-2)27-26(25(28)29)16-20-8-3-4-9-21(20)17-26;1-2/h3-4,8-11,15,18-19,27H,5-7,12-14,16-17H2,1-2H3,(H,28,29);1H2. The van der Waals surface area contributed by atoms with Crippen LogP contribution in [0, 0.1) is 11.8 Å². The molecule has 0 amide bonds. The van der Waals surface area contributed by atoms with Gasteiger partial charge < -0.3 is 24.7 Å². The zero-order valence-corrected chi connectivity index (χ0v) is 19.6. The van der Waals surface area contributed by atoms with Gasteiger partial charge in [-0.1, -0.05) is 50.5 Å². The number of fused-ring (bicyclic) bond motifs is 1. The third-order valence-corrected chi connectivity index (χ3v) is 6.89. The smallest absolute Gasteiger partial charge is 0.330 e. The molecule has 2 aromatic rings. The van der Waals surface area contributed by atoms with Crippen molar-refractivity contribution in [2.45, 2.75) is 57.4 Å². The molecule has 0 aliphatic heterocycles. The highest BCUT2D eigenvalue weighted by atomic mass is 16.5. The number of methoxy groups -OCH3 is 1. The summed E-state index contributed by atoms with van der Waals surface area (Å²) in [6.45, 7) is 4.98. The van der Waals surface area contributed by atoms with Crippen LogP contribution < -0.4 is 14.8 Å². The fraction of sp³-hybridized carbons (Fsp3) is 0.481. The van der Waals surface area contributed by atoms with Crippen molar-refractivity contribution in [3.05, 3.63) is 53.6 Å². The summed E-state index contributed by atoms with van der Waals surface area (Å²) in [6.07, 6.45) is 7.18. The Morgan fingerprint density at radius 3 is 2.42 bits per heavy atom. The predicted molar refractivity (Wildman–Crippen MR) is 129 cm³/mol. The Balaban J connectivity index is 0.00000149. The molecule has 6 nitrogen and oxygen atoms in total. The number of anilines is 1. The summed E-state index contributed by atoms with van der Waals surface area (Å²) in [4.78, 5) is 20.3. The van der Waals surface area contributed by atoms with E-state index in [-0.39, 0.29) is 0 Å². The first-order chi connectivity index (χ1) is 16.0. The van der Waals surface area contributed by atoms with Gasteiger partial charge in [-0.3, -0.25) is 0 Å². The lowest BCUT2D eigenvalue weighted by Crippen LogP contribution is -2.47. The van der Waals surface area contributed by atoms with Crippen molar-refractivity contribution in [1.82, 2.24) is 0 Å². The highest BCUT2D eigenvalue weighted by Crippen LogP contribution is 2.37. The molecule has 0 spiro atoms. The van der Waals surface area contributed by atoms with E-state index in [1.807, 2.05) is 49.3 Å². The minimum Gasteiger partial charge on any atom is -0.493 e. The second-order valence-electron chi connectivity index (χ2n) is 9.28. The average Bonchev–Trinajstić information content (AvgIpc) is 3.20. The summed E-state index contributed by atoms with van der Waals surface area (Å²) in [6, 6.07) is 13.5. The van der Waals surface area contributed by atoms with Crippen molar-refractivity contribution >= 4 is 18.4 Å². The maximum Gasteiger partial charge on any atom is 0.330 e. The molecule has 0 aromatic heterocycles. The van der Waals surface area contributed by atoms with Crippen molar-refractivity contribution in [2.75, 3.05) is 19.0 Å². The van der Waals surface area contributed by atoms with Crippen LogP contribution in [-0.2, 0) is 22.4 Å². The molecule has 2 unspecified atom stereocenters. The molecule has 178 valence electrons. The van der Waals surface area contributed by atoms with Gasteiger partial charge in [-0.15, -0.1) is 0 Å². The number of hydrogen-bond acceptors (Lipinski definition) is 5. The molecule has 2 N–H and O–H groups in total. The molecule has 2 atom stereocenters. The van der Waals surface area contributed by atoms with Crippen molar-refractivity contribution in [2.24, 2.45) is 11.8 Å². The number of hydrogen-bond donors (Lipinski definition) is 2. The lowest BCUT2D eigenvalue weighted by Gasteiger charge is -2.28. The van der Waals surface area contributed by atoms with E-state index in [4.69, 9.17) is 14.3 Å². The minimum absolute atomic E-state index is 0.459. The Morgan fingerprint density at radius 2 is 1.82 bits per heavy atom. The van der Waals surface area contributed by atoms with Gasteiger partial charge in [0.15, 0.2) is 11.5 Å². The average molecular weight is 454 g/mol. The first-order valence-corrected chi connectivity index (χ1v) is 11.7. The maximum absolute atomic E-state index is 12.3. The van der Waals surface area contributed by atoms with Crippen LogP contribution in [0.15, 0.2) is 42.5 Å². The van der Waals surface area contributed by atoms with Gasteiger partial charge in [-0.25, -0.2) is 4.79 Å². The topological polar surface area (TPSA) is 84.9 Å². The molecule has 0 saturated heterocycles. The monoisotopic (exact) mass is 453 g/mol. The Morgan fingerprint density at radius 1 is 1.12 bits per heavy atom. The molecular weight excluding hydrogens is 418 g/mol. The molecule has 6 heteroatoms. The number of aliphatic carboxylic acids is 1. The largest absolute Gasteiger partial charge is 0.493 e. The number of carbonyl (C=O) groups excluding carboxylic acids is 1. The number of carbonyl (C=O) groups is 2. The van der Waals surface area contributed by atoms with Crippen LogP contribution >= 0.6 is 0 Å². The van der Waals surface area contributed by atoms with E-state index in [1.165, 1.54) is 25.7 Å². The third-order valence-electron chi connectivity index (χ3n) is 6.89. The molecule has 0 radical (unpaired) electrons. The van der Waals surface area contributed by atoms with Crippen LogP contribution in [0.25, 0.3) is 0 Å². The Bertz CT molecular complexity index is 919. The van der Waals surface area contributed by atoms with E-state index in [2.05, 4.69) is 12.2 Å². The summed E-state index contributed by atoms with van der Waals surface area (Å²) >= 11 is 0. The highest BCUT2D eigenvalue weighted by Gasteiger charge is 2.44. The van der Waals surface area contributed by atoms with Crippen LogP contribution in [0.3, 0.4) is 0 Å². The molecule has 0 bridgehead atoms. The Kier molecular flexibility index (Phi) is 8.37. The Hall–Kier alpha value is -3.02. The second-order valence-corrected chi connectivity index (χ2v) is 9.28. The van der Waals surface area contributed by atoms with Gasteiger partial charge in [-0.2, -0.15) is 0 Å². The number of rotatable bonds is 8. The van der Waals surface area contributed by atoms with E-state index in [9.17, 15) is 9.90 Å². The van der Waals surface area contributed by atoms with E-state index in [0.717, 1.165) is 35.1 Å². The maximum atomic E-state index is 12.3. The Labute approximate surface area is 196 Å². The van der Waals surface area contributed by atoms with Gasteiger partial charge in [0.05, 0.1) is 13.7 Å². The molecule has 0 heterocycles. The van der Waals surface area contributed by atoms with Crippen LogP contribution in [0.4, 0.5) is 5.69 Å². The van der Waals surface area contributed by atoms with E-state index >= 15 is 0 Å². The molecule has 4 rings (SSSR count). The first-order valence-electron chi connectivity index (χ1n) is 11.7. The van der Waals surface area contributed by atoms with Crippen molar-refractivity contribution < 1.29 is 24.2 Å². The lowest BCUT2D eigenvalue weighted by molar-refractivity contribution is -0.142. The van der Waals surface area contributed by atoms with Gasteiger partial charge in [0.25, 0.3) is 0 Å². The van der Waals surface area contributed by atoms with Crippen molar-refractivity contribution in [1.29, 1.82) is 0 Å². The van der Waals surface area contributed by atoms with Gasteiger partial charge in [0, 0.05) is 24.6 Å². The zero-order valence-electron chi connectivity index (χ0n) is 19.6. The minimum atomic E-state index is -1.05. The molecule has 2 aromatic carbocycles. The highest BCUT2D eigenvalue weighted by molar-refractivity contribution is 5.85. The number of carboxylic acid groups (broad SMARTS) is 1. The molecule has 2 aliphatic carbocycles. The van der Waals surface area contributed by atoms with Crippen molar-refractivity contribution in [3.63, 3.8) is 0 Å². The second kappa shape index (κ2) is 11.2. The number of carboxylic acids is 1. The van der Waals surface area contributed by atoms with E-state index in [0.29, 0.717) is 30.9 Å². The van der Waals surface area contributed by atoms with Gasteiger partial charge in [0.1, 0.15) is 12.3 Å². The van der Waals surface area contributed by atoms with Crippen LogP contribution in [-0.4, -0.2) is 37.1 Å². The number of ether oxygens (including phenoxy) is 2. The molecular formula is C27H35NO5.